The molecule has 2 aliphatic rings. The lowest BCUT2D eigenvalue weighted by Crippen LogP contribution is -2.51. The van der Waals surface area contributed by atoms with E-state index in [9.17, 15) is 14.4 Å². The number of ether oxygens (including phenoxy) is 1. The molecule has 33 heavy (non-hydrogen) atoms. The van der Waals surface area contributed by atoms with Crippen LogP contribution in [0.1, 0.15) is 46.6 Å². The van der Waals surface area contributed by atoms with Crippen LogP contribution in [0.4, 0.5) is 26.7 Å². The average Bonchev–Trinajstić information content (AvgIpc) is 3.48. The smallest absolute Gasteiger partial charge is 0.414 e. The fourth-order valence-corrected chi connectivity index (χ4v) is 4.13. The van der Waals surface area contributed by atoms with Crippen LogP contribution < -0.4 is 20.4 Å². The van der Waals surface area contributed by atoms with Crippen molar-refractivity contribution in [3.63, 3.8) is 0 Å². The molecule has 2 N–H and O–H groups in total. The normalized spacial score (nSPS) is 17.6. The van der Waals surface area contributed by atoms with Gasteiger partial charge in [-0.2, -0.15) is 5.10 Å². The van der Waals surface area contributed by atoms with Crippen LogP contribution in [0.3, 0.4) is 0 Å². The molecule has 10 heteroatoms. The molecule has 1 aliphatic heterocycles. The van der Waals surface area contributed by atoms with Gasteiger partial charge in [-0.1, -0.05) is 0 Å². The first-order chi connectivity index (χ1) is 15.7. The summed E-state index contributed by atoms with van der Waals surface area (Å²) in [6.07, 6.45) is 5.11. The fraction of sp³-hybridized carbons (Fsp3) is 0.478. The molecule has 0 saturated heterocycles. The summed E-state index contributed by atoms with van der Waals surface area (Å²) in [6.45, 7) is 7.24. The van der Waals surface area contributed by atoms with E-state index in [1.807, 2.05) is 23.9 Å². The quantitative estimate of drug-likeness (QED) is 0.732. The molecule has 1 aromatic heterocycles. The van der Waals surface area contributed by atoms with Gasteiger partial charge in [-0.25, -0.2) is 9.59 Å². The number of nitrogens with zero attached hydrogens (tertiary/aromatic N) is 4. The van der Waals surface area contributed by atoms with E-state index in [0.29, 0.717) is 35.2 Å². The van der Waals surface area contributed by atoms with Gasteiger partial charge in [0.1, 0.15) is 0 Å². The van der Waals surface area contributed by atoms with Crippen molar-refractivity contribution in [3.05, 3.63) is 24.5 Å². The molecule has 0 spiro atoms. The van der Waals surface area contributed by atoms with E-state index in [0.717, 1.165) is 18.4 Å². The number of urea groups is 1. The Balaban J connectivity index is 1.88. The van der Waals surface area contributed by atoms with E-state index in [1.165, 1.54) is 14.0 Å². The molecule has 2 heterocycles. The number of rotatable bonds is 4. The van der Waals surface area contributed by atoms with Crippen molar-refractivity contribution in [2.75, 3.05) is 28.7 Å². The highest BCUT2D eigenvalue weighted by atomic mass is 16.6. The van der Waals surface area contributed by atoms with E-state index < -0.39 is 6.09 Å². The first kappa shape index (κ1) is 22.6. The maximum Gasteiger partial charge on any atom is 0.414 e. The zero-order chi connectivity index (χ0) is 23.9. The minimum absolute atomic E-state index is 0.152. The molecule has 1 saturated carbocycles. The minimum atomic E-state index is -0.479. The molecular formula is C23H30N6O4. The number of carbonyl (C=O) groups excluding carboxylic acids is 3. The zero-order valence-electron chi connectivity index (χ0n) is 19.6. The second kappa shape index (κ2) is 8.76. The molecule has 1 unspecified atom stereocenters. The van der Waals surface area contributed by atoms with Crippen LogP contribution >= 0.6 is 0 Å². The van der Waals surface area contributed by atoms with Crippen molar-refractivity contribution in [3.8, 4) is 11.1 Å². The van der Waals surface area contributed by atoms with Crippen molar-refractivity contribution in [2.45, 2.75) is 58.7 Å². The molecule has 4 amide bonds. The highest BCUT2D eigenvalue weighted by Crippen LogP contribution is 2.44. The Hall–Kier alpha value is -3.56. The highest BCUT2D eigenvalue weighted by Gasteiger charge is 2.36. The van der Waals surface area contributed by atoms with Crippen LogP contribution in [-0.2, 0) is 9.53 Å². The third-order valence-corrected chi connectivity index (χ3v) is 5.76. The Morgan fingerprint density at radius 1 is 1.18 bits per heavy atom. The Labute approximate surface area is 192 Å². The van der Waals surface area contributed by atoms with Crippen molar-refractivity contribution in [1.82, 2.24) is 15.1 Å². The number of anilines is 3. The molecule has 1 aromatic carbocycles. The summed E-state index contributed by atoms with van der Waals surface area (Å²) in [4.78, 5) is 40.9. The molecule has 2 aromatic rings. The predicted octanol–water partition coefficient (Wildman–Crippen LogP) is 3.74. The Morgan fingerprint density at radius 2 is 1.91 bits per heavy atom. The maximum atomic E-state index is 13.0. The molecule has 176 valence electrons. The van der Waals surface area contributed by atoms with E-state index in [-0.39, 0.29) is 24.1 Å². The number of aromatic nitrogens is 2. The summed E-state index contributed by atoms with van der Waals surface area (Å²) in [7, 11) is 1.53. The van der Waals surface area contributed by atoms with Crippen molar-refractivity contribution in [1.29, 1.82) is 0 Å². The fourth-order valence-electron chi connectivity index (χ4n) is 4.13. The van der Waals surface area contributed by atoms with Gasteiger partial charge in [0, 0.05) is 37.8 Å². The molecule has 1 fully saturated rings. The summed E-state index contributed by atoms with van der Waals surface area (Å²) in [5.41, 5.74) is 3.10. The number of carbonyl (C=O) groups is 3. The van der Waals surface area contributed by atoms with Crippen molar-refractivity contribution in [2.24, 2.45) is 0 Å². The molecule has 0 bridgehead atoms. The molecule has 0 radical (unpaired) electrons. The molecule has 10 nitrogen and oxygen atoms in total. The molecule has 1 aliphatic carbocycles. The van der Waals surface area contributed by atoms with Gasteiger partial charge in [-0.05, 0) is 45.7 Å². The second-order valence-corrected chi connectivity index (χ2v) is 8.81. The van der Waals surface area contributed by atoms with Gasteiger partial charge in [0.25, 0.3) is 0 Å². The topological polar surface area (TPSA) is 109 Å². The standard InChI is InChI=1S/C23H30N6O4/c1-13(2)33-23(32)27-11-14(3)29(15(4)30)21-9-19(26-22(31)24-5)18(8-20(21)27)16-10-25-28(12-16)17-6-7-17/h8-10,12-14,17H,6-7,11H2,1-5H3,(H2,24,26,31). The first-order valence-corrected chi connectivity index (χ1v) is 11.2. The van der Waals surface area contributed by atoms with Crippen LogP contribution in [0.2, 0.25) is 0 Å². The molecule has 1 atom stereocenters. The predicted molar refractivity (Wildman–Crippen MR) is 126 cm³/mol. The summed E-state index contributed by atoms with van der Waals surface area (Å²) in [6, 6.07) is 3.30. The largest absolute Gasteiger partial charge is 0.446 e. The Morgan fingerprint density at radius 3 is 2.52 bits per heavy atom. The lowest BCUT2D eigenvalue weighted by molar-refractivity contribution is -0.117. The van der Waals surface area contributed by atoms with Gasteiger partial charge in [-0.3, -0.25) is 14.4 Å². The lowest BCUT2D eigenvalue weighted by Gasteiger charge is -2.41. The van der Waals surface area contributed by atoms with Crippen LogP contribution in [0.15, 0.2) is 24.5 Å². The number of hydrogen-bond donors (Lipinski definition) is 2. The maximum absolute atomic E-state index is 13.0. The third kappa shape index (κ3) is 4.50. The van der Waals surface area contributed by atoms with Crippen LogP contribution in [0.25, 0.3) is 11.1 Å². The Bertz CT molecular complexity index is 1090. The van der Waals surface area contributed by atoms with E-state index in [2.05, 4.69) is 15.7 Å². The summed E-state index contributed by atoms with van der Waals surface area (Å²) in [5, 5.41) is 9.89. The van der Waals surface area contributed by atoms with Crippen molar-refractivity contribution < 1.29 is 19.1 Å². The van der Waals surface area contributed by atoms with E-state index >= 15 is 0 Å². The summed E-state index contributed by atoms with van der Waals surface area (Å²) in [5.74, 6) is -0.152. The SMILES string of the molecule is CNC(=O)Nc1cc2c(cc1-c1cnn(C3CC3)c1)N(C(=O)OC(C)C)CC(C)N2C(C)=O. The van der Waals surface area contributed by atoms with Gasteiger partial charge >= 0.3 is 12.1 Å². The summed E-state index contributed by atoms with van der Waals surface area (Å²) >= 11 is 0. The number of benzene rings is 1. The Kier molecular flexibility index (Phi) is 6.01. The summed E-state index contributed by atoms with van der Waals surface area (Å²) < 4.78 is 7.40. The molecule has 4 rings (SSSR count). The monoisotopic (exact) mass is 454 g/mol. The van der Waals surface area contributed by atoms with Gasteiger partial charge < -0.3 is 20.3 Å². The number of amides is 4. The number of fused-ring (bicyclic) bond motifs is 1. The van der Waals surface area contributed by atoms with Crippen molar-refractivity contribution >= 4 is 35.1 Å². The van der Waals surface area contributed by atoms with Gasteiger partial charge in [0.15, 0.2) is 0 Å². The van der Waals surface area contributed by atoms with Gasteiger partial charge in [-0.15, -0.1) is 0 Å². The van der Waals surface area contributed by atoms with Crippen LogP contribution in [0.5, 0.6) is 0 Å². The first-order valence-electron chi connectivity index (χ1n) is 11.2. The van der Waals surface area contributed by atoms with Gasteiger partial charge in [0.05, 0.1) is 41.4 Å². The lowest BCUT2D eigenvalue weighted by atomic mass is 10.0. The highest BCUT2D eigenvalue weighted by molar-refractivity contribution is 6.06. The number of nitrogens with one attached hydrogen (secondary N) is 2. The third-order valence-electron chi connectivity index (χ3n) is 5.76. The zero-order valence-corrected chi connectivity index (χ0v) is 19.6. The average molecular weight is 455 g/mol. The van der Waals surface area contributed by atoms with Crippen LogP contribution in [0, 0.1) is 0 Å². The van der Waals surface area contributed by atoms with E-state index in [1.54, 1.807) is 35.9 Å². The second-order valence-electron chi connectivity index (χ2n) is 8.81. The number of hydrogen-bond acceptors (Lipinski definition) is 5. The van der Waals surface area contributed by atoms with E-state index in [4.69, 9.17) is 4.74 Å². The minimum Gasteiger partial charge on any atom is -0.446 e. The molecular weight excluding hydrogens is 424 g/mol. The van der Waals surface area contributed by atoms with Gasteiger partial charge in [0.2, 0.25) is 5.91 Å². The van der Waals surface area contributed by atoms with Crippen LogP contribution in [-0.4, -0.2) is 53.6 Å².